The summed E-state index contributed by atoms with van der Waals surface area (Å²) in [6.07, 6.45) is 4.25. The molecule has 0 unspecified atom stereocenters. The second-order valence-electron chi connectivity index (χ2n) is 6.48. The lowest BCUT2D eigenvalue weighted by Gasteiger charge is -2.22. The normalized spacial score (nSPS) is 10.6. The fraction of sp³-hybridized carbons (Fsp3) is 0.174. The van der Waals surface area contributed by atoms with Crippen molar-refractivity contribution in [2.24, 2.45) is 0 Å². The molecule has 0 atom stereocenters. The Morgan fingerprint density at radius 2 is 1.74 bits per heavy atom. The van der Waals surface area contributed by atoms with Crippen LogP contribution in [0.2, 0.25) is 0 Å². The number of nitrogens with zero attached hydrogens (tertiary/aromatic N) is 2. The minimum Gasteiger partial charge on any atom is -0.345 e. The van der Waals surface area contributed by atoms with Crippen molar-refractivity contribution in [2.75, 3.05) is 6.54 Å². The van der Waals surface area contributed by atoms with Gasteiger partial charge in [-0.1, -0.05) is 64.5 Å². The lowest BCUT2D eigenvalue weighted by Crippen LogP contribution is -2.32. The first kappa shape index (κ1) is 19.2. The van der Waals surface area contributed by atoms with E-state index in [0.29, 0.717) is 19.5 Å². The first-order valence-electron chi connectivity index (χ1n) is 8.97. The Morgan fingerprint density at radius 3 is 2.44 bits per heavy atom. The van der Waals surface area contributed by atoms with Crippen LogP contribution in [0.4, 0.5) is 0 Å². The summed E-state index contributed by atoms with van der Waals surface area (Å²) >= 11 is 3.47. The van der Waals surface area contributed by atoms with Crippen LogP contribution >= 0.6 is 15.9 Å². The van der Waals surface area contributed by atoms with Gasteiger partial charge in [0.05, 0.1) is 13.0 Å². The number of rotatable bonds is 8. The van der Waals surface area contributed by atoms with Crippen LogP contribution < -0.4 is 0 Å². The second-order valence-corrected chi connectivity index (χ2v) is 7.39. The molecule has 138 valence electrons. The van der Waals surface area contributed by atoms with E-state index in [9.17, 15) is 4.79 Å². The van der Waals surface area contributed by atoms with E-state index in [0.717, 1.165) is 22.3 Å². The number of amides is 1. The predicted molar refractivity (Wildman–Crippen MR) is 113 cm³/mol. The maximum atomic E-state index is 12.8. The Kier molecular flexibility index (Phi) is 6.66. The average molecular weight is 423 g/mol. The highest BCUT2D eigenvalue weighted by molar-refractivity contribution is 9.10. The third-order valence-electron chi connectivity index (χ3n) is 4.44. The molecule has 1 aromatic heterocycles. The van der Waals surface area contributed by atoms with Crippen LogP contribution in [-0.4, -0.2) is 21.9 Å². The quantitative estimate of drug-likeness (QED) is 0.465. The molecule has 0 spiro atoms. The van der Waals surface area contributed by atoms with E-state index in [2.05, 4.69) is 51.5 Å². The van der Waals surface area contributed by atoms with E-state index in [1.807, 2.05) is 53.4 Å². The van der Waals surface area contributed by atoms with E-state index in [4.69, 9.17) is 0 Å². The molecule has 3 rings (SSSR count). The maximum absolute atomic E-state index is 12.8. The minimum atomic E-state index is 0.109. The van der Waals surface area contributed by atoms with Gasteiger partial charge in [-0.2, -0.15) is 0 Å². The number of hydrogen-bond donors (Lipinski definition) is 0. The van der Waals surface area contributed by atoms with Crippen LogP contribution in [0.5, 0.6) is 0 Å². The summed E-state index contributed by atoms with van der Waals surface area (Å²) in [7, 11) is 0. The van der Waals surface area contributed by atoms with Crippen molar-refractivity contribution in [1.82, 2.24) is 9.47 Å². The summed E-state index contributed by atoms with van der Waals surface area (Å²) in [6.45, 7) is 5.70. The number of halogens is 1. The topological polar surface area (TPSA) is 25.2 Å². The SMILES string of the molecule is C=CCN(Cc1cccn1Cc1ccc(Br)cc1)C(=O)Cc1ccccc1. The van der Waals surface area contributed by atoms with Crippen molar-refractivity contribution in [1.29, 1.82) is 0 Å². The molecule has 0 aliphatic heterocycles. The summed E-state index contributed by atoms with van der Waals surface area (Å²) < 4.78 is 3.26. The molecule has 3 aromatic rings. The van der Waals surface area contributed by atoms with E-state index in [1.54, 1.807) is 6.08 Å². The molecular weight excluding hydrogens is 400 g/mol. The van der Waals surface area contributed by atoms with Crippen LogP contribution in [0.15, 0.2) is 90.1 Å². The minimum absolute atomic E-state index is 0.109. The predicted octanol–water partition coefficient (Wildman–Crippen LogP) is 5.06. The zero-order valence-electron chi connectivity index (χ0n) is 15.2. The molecule has 0 radical (unpaired) electrons. The van der Waals surface area contributed by atoms with E-state index >= 15 is 0 Å². The number of carbonyl (C=O) groups excluding carboxylic acids is 1. The number of carbonyl (C=O) groups is 1. The molecule has 2 aromatic carbocycles. The van der Waals surface area contributed by atoms with E-state index in [1.165, 1.54) is 5.56 Å². The Hall–Kier alpha value is -2.59. The molecule has 0 fully saturated rings. The van der Waals surface area contributed by atoms with Gasteiger partial charge in [0.15, 0.2) is 0 Å². The van der Waals surface area contributed by atoms with Crippen LogP contribution in [-0.2, 0) is 24.3 Å². The molecule has 0 bridgehead atoms. The van der Waals surface area contributed by atoms with Crippen molar-refractivity contribution >= 4 is 21.8 Å². The van der Waals surface area contributed by atoms with Crippen molar-refractivity contribution < 1.29 is 4.79 Å². The number of hydrogen-bond acceptors (Lipinski definition) is 1. The Bertz CT molecular complexity index is 884. The Labute approximate surface area is 169 Å². The molecule has 0 saturated heterocycles. The van der Waals surface area contributed by atoms with Crippen LogP contribution in [0.3, 0.4) is 0 Å². The highest BCUT2D eigenvalue weighted by atomic mass is 79.9. The highest BCUT2D eigenvalue weighted by Crippen LogP contribution is 2.15. The summed E-state index contributed by atoms with van der Waals surface area (Å²) in [5.74, 6) is 0.109. The standard InChI is InChI=1S/C23H23BrN2O/c1-2-14-26(23(27)16-19-7-4-3-5-8-19)18-22-9-6-15-25(22)17-20-10-12-21(24)13-11-20/h2-13,15H,1,14,16-18H2. The van der Waals surface area contributed by atoms with Gasteiger partial charge >= 0.3 is 0 Å². The third-order valence-corrected chi connectivity index (χ3v) is 4.97. The molecule has 0 N–H and O–H groups in total. The van der Waals surface area contributed by atoms with Gasteiger partial charge in [0.25, 0.3) is 0 Å². The lowest BCUT2D eigenvalue weighted by atomic mass is 10.1. The lowest BCUT2D eigenvalue weighted by molar-refractivity contribution is -0.130. The zero-order chi connectivity index (χ0) is 19.1. The Morgan fingerprint density at radius 1 is 1.00 bits per heavy atom. The van der Waals surface area contributed by atoms with Crippen LogP contribution in [0, 0.1) is 0 Å². The molecule has 27 heavy (non-hydrogen) atoms. The van der Waals surface area contributed by atoms with E-state index < -0.39 is 0 Å². The zero-order valence-corrected chi connectivity index (χ0v) is 16.8. The van der Waals surface area contributed by atoms with Gasteiger partial charge in [0, 0.05) is 29.5 Å². The molecule has 0 aliphatic carbocycles. The monoisotopic (exact) mass is 422 g/mol. The fourth-order valence-electron chi connectivity index (χ4n) is 3.02. The first-order valence-corrected chi connectivity index (χ1v) is 9.76. The van der Waals surface area contributed by atoms with E-state index in [-0.39, 0.29) is 5.91 Å². The largest absolute Gasteiger partial charge is 0.345 e. The maximum Gasteiger partial charge on any atom is 0.227 e. The molecule has 1 heterocycles. The van der Waals surface area contributed by atoms with Gasteiger partial charge < -0.3 is 9.47 Å². The van der Waals surface area contributed by atoms with Crippen molar-refractivity contribution in [2.45, 2.75) is 19.5 Å². The van der Waals surface area contributed by atoms with Crippen molar-refractivity contribution in [3.63, 3.8) is 0 Å². The van der Waals surface area contributed by atoms with Gasteiger partial charge in [-0.25, -0.2) is 0 Å². The molecule has 4 heteroatoms. The van der Waals surface area contributed by atoms with Crippen molar-refractivity contribution in [3.8, 4) is 0 Å². The van der Waals surface area contributed by atoms with Gasteiger partial charge in [-0.05, 0) is 35.4 Å². The average Bonchev–Trinajstić information content (AvgIpc) is 3.11. The van der Waals surface area contributed by atoms with Crippen LogP contribution in [0.1, 0.15) is 16.8 Å². The van der Waals surface area contributed by atoms with Crippen LogP contribution in [0.25, 0.3) is 0 Å². The summed E-state index contributed by atoms with van der Waals surface area (Å²) in [5.41, 5.74) is 3.37. The van der Waals surface area contributed by atoms with Gasteiger partial charge in [-0.3, -0.25) is 4.79 Å². The molecule has 1 amide bonds. The Balaban J connectivity index is 1.71. The summed E-state index contributed by atoms with van der Waals surface area (Å²) in [6, 6.07) is 22.3. The highest BCUT2D eigenvalue weighted by Gasteiger charge is 2.15. The molecule has 0 saturated carbocycles. The first-order chi connectivity index (χ1) is 13.2. The smallest absolute Gasteiger partial charge is 0.227 e. The van der Waals surface area contributed by atoms with Crippen molar-refractivity contribution in [3.05, 3.63) is 107 Å². The van der Waals surface area contributed by atoms with Gasteiger partial charge in [0.2, 0.25) is 5.91 Å². The molecule has 0 aliphatic rings. The number of aromatic nitrogens is 1. The molecule has 3 nitrogen and oxygen atoms in total. The molecular formula is C23H23BrN2O. The fourth-order valence-corrected chi connectivity index (χ4v) is 3.29. The van der Waals surface area contributed by atoms with Gasteiger partial charge in [0.1, 0.15) is 0 Å². The summed E-state index contributed by atoms with van der Waals surface area (Å²) in [4.78, 5) is 14.7. The number of benzene rings is 2. The summed E-state index contributed by atoms with van der Waals surface area (Å²) in [5, 5.41) is 0. The second kappa shape index (κ2) is 9.38. The van der Waals surface area contributed by atoms with Gasteiger partial charge in [-0.15, -0.1) is 6.58 Å². The third kappa shape index (κ3) is 5.44.